The summed E-state index contributed by atoms with van der Waals surface area (Å²) >= 11 is 0. The number of nitrogens with one attached hydrogen (secondary N) is 1. The van der Waals surface area contributed by atoms with Crippen molar-refractivity contribution in [2.45, 2.75) is 13.0 Å². The van der Waals surface area contributed by atoms with Crippen molar-refractivity contribution in [2.75, 3.05) is 5.73 Å². The molecule has 0 fully saturated rings. The Bertz CT molecular complexity index is 654. The van der Waals surface area contributed by atoms with Crippen LogP contribution in [0.15, 0.2) is 30.5 Å². The van der Waals surface area contributed by atoms with E-state index in [1.54, 1.807) is 18.2 Å². The van der Waals surface area contributed by atoms with Crippen LogP contribution in [-0.2, 0) is 4.79 Å². The first kappa shape index (κ1) is 12.8. The van der Waals surface area contributed by atoms with Gasteiger partial charge in [-0.1, -0.05) is 24.3 Å². The third kappa shape index (κ3) is 2.47. The molecular formula is C13H14N4O2. The predicted octanol–water partition coefficient (Wildman–Crippen LogP) is 0.421. The van der Waals surface area contributed by atoms with E-state index in [1.807, 2.05) is 6.07 Å². The summed E-state index contributed by atoms with van der Waals surface area (Å²) < 4.78 is 0. The zero-order valence-electron chi connectivity index (χ0n) is 10.4. The van der Waals surface area contributed by atoms with Crippen molar-refractivity contribution in [3.05, 3.63) is 36.0 Å². The van der Waals surface area contributed by atoms with Gasteiger partial charge >= 0.3 is 0 Å². The molecule has 0 bridgehead atoms. The maximum Gasteiger partial charge on any atom is 0.254 e. The number of pyridine rings is 1. The highest BCUT2D eigenvalue weighted by atomic mass is 16.2. The summed E-state index contributed by atoms with van der Waals surface area (Å²) in [6, 6.07) is 6.43. The minimum absolute atomic E-state index is 0.357. The van der Waals surface area contributed by atoms with Crippen molar-refractivity contribution >= 4 is 28.4 Å². The molecule has 1 heterocycles. The molecule has 0 aliphatic rings. The van der Waals surface area contributed by atoms with Gasteiger partial charge in [0.1, 0.15) is 11.9 Å². The quantitative estimate of drug-likeness (QED) is 0.740. The second-order valence-corrected chi connectivity index (χ2v) is 4.20. The lowest BCUT2D eigenvalue weighted by molar-refractivity contribution is -0.119. The maximum absolute atomic E-state index is 12.1. The Morgan fingerprint density at radius 3 is 2.53 bits per heavy atom. The molecule has 1 aromatic carbocycles. The van der Waals surface area contributed by atoms with E-state index < -0.39 is 17.9 Å². The Morgan fingerprint density at radius 2 is 1.89 bits per heavy atom. The molecule has 0 aliphatic carbocycles. The van der Waals surface area contributed by atoms with E-state index in [0.717, 1.165) is 0 Å². The number of benzene rings is 1. The first-order valence-corrected chi connectivity index (χ1v) is 5.74. The lowest BCUT2D eigenvalue weighted by Crippen LogP contribution is -2.42. The normalized spacial score (nSPS) is 12.1. The van der Waals surface area contributed by atoms with E-state index in [9.17, 15) is 9.59 Å². The number of fused-ring (bicyclic) bond motifs is 1. The second kappa shape index (κ2) is 4.93. The zero-order chi connectivity index (χ0) is 14.0. The number of hydrogen-bond acceptors (Lipinski definition) is 4. The first-order valence-electron chi connectivity index (χ1n) is 5.74. The summed E-state index contributed by atoms with van der Waals surface area (Å²) in [4.78, 5) is 27.0. The third-order valence-electron chi connectivity index (χ3n) is 2.84. The van der Waals surface area contributed by atoms with Crippen LogP contribution in [0.25, 0.3) is 10.8 Å². The van der Waals surface area contributed by atoms with Gasteiger partial charge in [-0.05, 0) is 12.3 Å². The molecule has 98 valence electrons. The lowest BCUT2D eigenvalue weighted by atomic mass is 10.1. The summed E-state index contributed by atoms with van der Waals surface area (Å²) in [7, 11) is 0. The van der Waals surface area contributed by atoms with E-state index in [4.69, 9.17) is 11.5 Å². The number of carbonyl (C=O) groups excluding carboxylic acids is 2. The smallest absolute Gasteiger partial charge is 0.254 e. The van der Waals surface area contributed by atoms with Crippen LogP contribution >= 0.6 is 0 Å². The maximum atomic E-state index is 12.1. The van der Waals surface area contributed by atoms with Gasteiger partial charge in [0.15, 0.2) is 0 Å². The number of carbonyl (C=O) groups is 2. The topological polar surface area (TPSA) is 111 Å². The molecule has 1 unspecified atom stereocenters. The Kier molecular flexibility index (Phi) is 3.33. The molecule has 0 spiro atoms. The molecule has 19 heavy (non-hydrogen) atoms. The molecule has 2 aromatic rings. The molecule has 0 aliphatic heterocycles. The molecular weight excluding hydrogens is 244 g/mol. The van der Waals surface area contributed by atoms with Crippen LogP contribution in [-0.4, -0.2) is 22.8 Å². The molecule has 0 saturated heterocycles. The highest BCUT2D eigenvalue weighted by Crippen LogP contribution is 2.22. The molecule has 1 aromatic heterocycles. The molecule has 6 heteroatoms. The van der Waals surface area contributed by atoms with Crippen LogP contribution in [0.5, 0.6) is 0 Å². The van der Waals surface area contributed by atoms with Crippen LogP contribution in [0.3, 0.4) is 0 Å². The third-order valence-corrected chi connectivity index (χ3v) is 2.84. The number of primary amides is 1. The average molecular weight is 258 g/mol. The van der Waals surface area contributed by atoms with Gasteiger partial charge in [-0.25, -0.2) is 4.98 Å². The highest BCUT2D eigenvalue weighted by molar-refractivity contribution is 6.09. The molecule has 2 rings (SSSR count). The molecule has 0 radical (unpaired) electrons. The van der Waals surface area contributed by atoms with Crippen LogP contribution < -0.4 is 16.8 Å². The molecule has 2 amide bonds. The van der Waals surface area contributed by atoms with Gasteiger partial charge in [0.2, 0.25) is 5.91 Å². The fourth-order valence-corrected chi connectivity index (χ4v) is 1.74. The minimum Gasteiger partial charge on any atom is -0.383 e. The average Bonchev–Trinajstić information content (AvgIpc) is 2.39. The highest BCUT2D eigenvalue weighted by Gasteiger charge is 2.16. The van der Waals surface area contributed by atoms with Crippen LogP contribution in [0.2, 0.25) is 0 Å². The van der Waals surface area contributed by atoms with Gasteiger partial charge in [-0.3, -0.25) is 9.59 Å². The van der Waals surface area contributed by atoms with Crippen molar-refractivity contribution in [1.29, 1.82) is 0 Å². The minimum atomic E-state index is -0.746. The van der Waals surface area contributed by atoms with Crippen molar-refractivity contribution in [2.24, 2.45) is 5.73 Å². The summed E-state index contributed by atoms with van der Waals surface area (Å²) in [6.45, 7) is 1.52. The van der Waals surface area contributed by atoms with Crippen molar-refractivity contribution in [3.8, 4) is 0 Å². The number of rotatable bonds is 3. The van der Waals surface area contributed by atoms with Crippen LogP contribution in [0, 0.1) is 0 Å². The SMILES string of the molecule is CC(NC(=O)c1cnc(N)c2ccccc12)C(N)=O. The Labute approximate surface area is 109 Å². The van der Waals surface area contributed by atoms with E-state index in [1.165, 1.54) is 13.1 Å². The van der Waals surface area contributed by atoms with Crippen LogP contribution in [0.1, 0.15) is 17.3 Å². The summed E-state index contributed by atoms with van der Waals surface area (Å²) in [5.41, 5.74) is 11.2. The monoisotopic (exact) mass is 258 g/mol. The summed E-state index contributed by atoms with van der Waals surface area (Å²) in [5, 5.41) is 3.89. The second-order valence-electron chi connectivity index (χ2n) is 4.20. The number of nitrogens with two attached hydrogens (primary N) is 2. The lowest BCUT2D eigenvalue weighted by Gasteiger charge is -2.12. The van der Waals surface area contributed by atoms with Crippen molar-refractivity contribution < 1.29 is 9.59 Å². The van der Waals surface area contributed by atoms with E-state index in [0.29, 0.717) is 22.2 Å². The van der Waals surface area contributed by atoms with Gasteiger partial charge in [0.25, 0.3) is 5.91 Å². The molecule has 1 atom stereocenters. The largest absolute Gasteiger partial charge is 0.383 e. The van der Waals surface area contributed by atoms with Gasteiger partial charge in [-0.2, -0.15) is 0 Å². The van der Waals surface area contributed by atoms with Gasteiger partial charge in [0, 0.05) is 11.6 Å². The van der Waals surface area contributed by atoms with Crippen molar-refractivity contribution in [1.82, 2.24) is 10.3 Å². The molecule has 0 saturated carbocycles. The summed E-state index contributed by atoms with van der Waals surface area (Å²) in [5.74, 6) is -0.647. The van der Waals surface area contributed by atoms with E-state index >= 15 is 0 Å². The Balaban J connectivity index is 2.43. The number of hydrogen-bond donors (Lipinski definition) is 3. The fourth-order valence-electron chi connectivity index (χ4n) is 1.74. The first-order chi connectivity index (χ1) is 9.00. The zero-order valence-corrected chi connectivity index (χ0v) is 10.4. The summed E-state index contributed by atoms with van der Waals surface area (Å²) in [6.07, 6.45) is 1.39. The standard InChI is InChI=1S/C13H14N4O2/c1-7(12(15)18)17-13(19)10-6-16-11(14)9-5-3-2-4-8(9)10/h2-7H,1H3,(H2,14,16)(H2,15,18)(H,17,19). The Morgan fingerprint density at radius 1 is 1.26 bits per heavy atom. The van der Waals surface area contributed by atoms with E-state index in [2.05, 4.69) is 10.3 Å². The number of amides is 2. The number of anilines is 1. The predicted molar refractivity (Wildman–Crippen MR) is 72.3 cm³/mol. The van der Waals surface area contributed by atoms with Crippen molar-refractivity contribution in [3.63, 3.8) is 0 Å². The van der Waals surface area contributed by atoms with Gasteiger partial charge < -0.3 is 16.8 Å². The van der Waals surface area contributed by atoms with Gasteiger partial charge in [-0.15, -0.1) is 0 Å². The fraction of sp³-hybridized carbons (Fsp3) is 0.154. The number of aromatic nitrogens is 1. The molecule has 6 nitrogen and oxygen atoms in total. The van der Waals surface area contributed by atoms with Gasteiger partial charge in [0.05, 0.1) is 5.56 Å². The number of nitrogen functional groups attached to an aromatic ring is 1. The Hall–Kier alpha value is -2.63. The van der Waals surface area contributed by atoms with E-state index in [-0.39, 0.29) is 0 Å². The molecule has 5 N–H and O–H groups in total. The van der Waals surface area contributed by atoms with Crippen LogP contribution in [0.4, 0.5) is 5.82 Å². The number of nitrogens with zero attached hydrogens (tertiary/aromatic N) is 1.